The van der Waals surface area contributed by atoms with Crippen molar-refractivity contribution in [1.82, 2.24) is 0 Å². The summed E-state index contributed by atoms with van der Waals surface area (Å²) >= 11 is 15.9. The minimum absolute atomic E-state index is 0.319. The Morgan fingerprint density at radius 3 is 2.29 bits per heavy atom. The molecule has 0 fully saturated rings. The van der Waals surface area contributed by atoms with Crippen molar-refractivity contribution in [2.75, 3.05) is 6.61 Å². The van der Waals surface area contributed by atoms with E-state index >= 15 is 0 Å². The third-order valence-electron chi connectivity index (χ3n) is 1.64. The van der Waals surface area contributed by atoms with Crippen LogP contribution in [0.5, 0.6) is 0 Å². The molecular weight excluding hydrogens is 246 g/mol. The van der Waals surface area contributed by atoms with Crippen molar-refractivity contribution < 1.29 is 9.53 Å². The number of halogens is 3. The van der Waals surface area contributed by atoms with E-state index in [4.69, 9.17) is 39.5 Å². The second-order valence-electron chi connectivity index (χ2n) is 3.52. The van der Waals surface area contributed by atoms with Gasteiger partial charge in [-0.05, 0) is 18.8 Å². The molecule has 0 aliphatic carbocycles. The van der Waals surface area contributed by atoms with E-state index in [-0.39, 0.29) is 0 Å². The van der Waals surface area contributed by atoms with Crippen LogP contribution in [0.2, 0.25) is 0 Å². The second-order valence-corrected chi connectivity index (χ2v) is 5.80. The molecule has 0 amide bonds. The Labute approximate surface area is 99.8 Å². The zero-order valence-electron chi connectivity index (χ0n) is 8.36. The highest BCUT2D eigenvalue weighted by atomic mass is 35.6. The smallest absolute Gasteiger partial charge is 0.358 e. The van der Waals surface area contributed by atoms with Crippen LogP contribution in [0, 0.1) is 5.92 Å². The number of esters is 1. The van der Waals surface area contributed by atoms with Gasteiger partial charge in [-0.15, -0.1) is 0 Å². The Hall–Kier alpha value is 0.340. The molecule has 0 unspecified atom stereocenters. The number of alkyl halides is 3. The van der Waals surface area contributed by atoms with Gasteiger partial charge in [0, 0.05) is 0 Å². The van der Waals surface area contributed by atoms with Crippen molar-refractivity contribution in [1.29, 1.82) is 0 Å². The molecule has 2 nitrogen and oxygen atoms in total. The van der Waals surface area contributed by atoms with Gasteiger partial charge in [0.15, 0.2) is 0 Å². The number of rotatable bonds is 5. The molecule has 0 bridgehead atoms. The lowest BCUT2D eigenvalue weighted by Crippen LogP contribution is -2.22. The van der Waals surface area contributed by atoms with Crippen molar-refractivity contribution in [2.45, 2.75) is 36.9 Å². The zero-order chi connectivity index (χ0) is 11.2. The number of carbonyl (C=O) groups excluding carboxylic acids is 1. The summed E-state index contributed by atoms with van der Waals surface area (Å²) in [5.41, 5.74) is 0. The largest absolute Gasteiger partial charge is 0.463 e. The molecule has 0 aliphatic heterocycles. The van der Waals surface area contributed by atoms with Crippen LogP contribution in [0.25, 0.3) is 0 Å². The van der Waals surface area contributed by atoms with E-state index in [2.05, 4.69) is 13.8 Å². The maximum Gasteiger partial charge on any atom is 0.358 e. The first kappa shape index (κ1) is 14.3. The van der Waals surface area contributed by atoms with E-state index in [1.165, 1.54) is 0 Å². The van der Waals surface area contributed by atoms with Gasteiger partial charge in [0.1, 0.15) is 0 Å². The van der Waals surface area contributed by atoms with Crippen LogP contribution in [0.3, 0.4) is 0 Å². The molecule has 0 saturated heterocycles. The molecule has 0 spiro atoms. The summed E-state index contributed by atoms with van der Waals surface area (Å²) in [7, 11) is 0. The molecule has 0 heterocycles. The lowest BCUT2D eigenvalue weighted by Gasteiger charge is -2.10. The summed E-state index contributed by atoms with van der Waals surface area (Å²) in [6.45, 7) is 4.61. The van der Waals surface area contributed by atoms with Gasteiger partial charge in [-0.3, -0.25) is 0 Å². The van der Waals surface area contributed by atoms with Crippen molar-refractivity contribution in [2.24, 2.45) is 5.92 Å². The lowest BCUT2D eigenvalue weighted by atomic mass is 10.1. The molecule has 0 saturated carbocycles. The van der Waals surface area contributed by atoms with Crippen molar-refractivity contribution in [3.8, 4) is 0 Å². The molecule has 0 radical (unpaired) electrons. The first-order valence-corrected chi connectivity index (χ1v) is 5.71. The fraction of sp³-hybridized carbons (Fsp3) is 0.889. The highest BCUT2D eigenvalue weighted by Gasteiger charge is 2.32. The molecule has 0 N–H and O–H groups in total. The SMILES string of the molecule is CC(C)CCCCOC(=O)C(Cl)(Cl)Cl. The van der Waals surface area contributed by atoms with Crippen molar-refractivity contribution in [3.63, 3.8) is 0 Å². The predicted molar refractivity (Wildman–Crippen MR) is 59.9 cm³/mol. The topological polar surface area (TPSA) is 26.3 Å². The van der Waals surface area contributed by atoms with Crippen LogP contribution in [0.15, 0.2) is 0 Å². The van der Waals surface area contributed by atoms with Gasteiger partial charge in [0.25, 0.3) is 3.79 Å². The Morgan fingerprint density at radius 1 is 1.29 bits per heavy atom. The average Bonchev–Trinajstić information content (AvgIpc) is 2.01. The van der Waals surface area contributed by atoms with Crippen LogP contribution in [-0.2, 0) is 9.53 Å². The first-order valence-electron chi connectivity index (χ1n) is 4.58. The summed E-state index contributed by atoms with van der Waals surface area (Å²) in [6, 6.07) is 0. The predicted octanol–water partition coefficient (Wildman–Crippen LogP) is 3.73. The van der Waals surface area contributed by atoms with E-state index < -0.39 is 9.76 Å². The van der Waals surface area contributed by atoms with Crippen LogP contribution in [-0.4, -0.2) is 16.4 Å². The molecule has 0 aromatic heterocycles. The fourth-order valence-corrected chi connectivity index (χ4v) is 1.07. The molecule has 84 valence electrons. The van der Waals surface area contributed by atoms with Crippen molar-refractivity contribution in [3.05, 3.63) is 0 Å². The first-order chi connectivity index (χ1) is 6.34. The van der Waals surface area contributed by atoms with Gasteiger partial charge in [0.2, 0.25) is 0 Å². The standard InChI is InChI=1S/C9H15Cl3O2/c1-7(2)5-3-4-6-14-8(13)9(10,11)12/h7H,3-6H2,1-2H3. The molecular formula is C9H15Cl3O2. The maximum atomic E-state index is 10.9. The van der Waals surface area contributed by atoms with Crippen LogP contribution < -0.4 is 0 Å². The van der Waals surface area contributed by atoms with Crippen LogP contribution in [0.1, 0.15) is 33.1 Å². The molecule has 0 aromatic carbocycles. The molecule has 14 heavy (non-hydrogen) atoms. The maximum absolute atomic E-state index is 10.9. The number of hydrogen-bond donors (Lipinski definition) is 0. The van der Waals surface area contributed by atoms with E-state index in [0.717, 1.165) is 19.3 Å². The van der Waals surface area contributed by atoms with E-state index in [1.54, 1.807) is 0 Å². The number of ether oxygens (including phenoxy) is 1. The number of carbonyl (C=O) groups is 1. The monoisotopic (exact) mass is 260 g/mol. The Balaban J connectivity index is 3.42. The average molecular weight is 262 g/mol. The summed E-state index contributed by atoms with van der Waals surface area (Å²) in [6.07, 6.45) is 2.95. The normalized spacial score (nSPS) is 11.9. The summed E-state index contributed by atoms with van der Waals surface area (Å²) in [5.74, 6) is -0.133. The number of hydrogen-bond acceptors (Lipinski definition) is 2. The van der Waals surface area contributed by atoms with Gasteiger partial charge in [-0.25, -0.2) is 4.79 Å². The summed E-state index contributed by atoms with van der Waals surface area (Å²) in [4.78, 5) is 10.9. The fourth-order valence-electron chi connectivity index (χ4n) is 0.901. The van der Waals surface area contributed by atoms with Gasteiger partial charge < -0.3 is 4.74 Å². The van der Waals surface area contributed by atoms with Gasteiger partial charge in [-0.1, -0.05) is 55.1 Å². The highest BCUT2D eigenvalue weighted by molar-refractivity contribution is 6.75. The minimum Gasteiger partial charge on any atom is -0.463 e. The Morgan fingerprint density at radius 2 is 1.86 bits per heavy atom. The van der Waals surface area contributed by atoms with Gasteiger partial charge >= 0.3 is 5.97 Å². The second kappa shape index (κ2) is 6.76. The number of unbranched alkanes of at least 4 members (excludes halogenated alkanes) is 1. The summed E-state index contributed by atoms with van der Waals surface area (Å²) < 4.78 is 2.81. The van der Waals surface area contributed by atoms with Gasteiger partial charge in [-0.2, -0.15) is 0 Å². The molecule has 0 rings (SSSR count). The quantitative estimate of drug-likeness (QED) is 0.428. The minimum atomic E-state index is -1.95. The van der Waals surface area contributed by atoms with Crippen LogP contribution in [0.4, 0.5) is 0 Å². The van der Waals surface area contributed by atoms with E-state index in [1.807, 2.05) is 0 Å². The van der Waals surface area contributed by atoms with Gasteiger partial charge in [0.05, 0.1) is 6.61 Å². The van der Waals surface area contributed by atoms with Crippen LogP contribution >= 0.6 is 34.8 Å². The molecule has 0 aromatic rings. The Bertz CT molecular complexity index is 175. The van der Waals surface area contributed by atoms with E-state index in [9.17, 15) is 4.79 Å². The molecule has 0 atom stereocenters. The lowest BCUT2D eigenvalue weighted by molar-refractivity contribution is -0.142. The molecule has 0 aliphatic rings. The Kier molecular flexibility index (Phi) is 6.92. The third kappa shape index (κ3) is 7.72. The van der Waals surface area contributed by atoms with Crippen molar-refractivity contribution >= 4 is 40.8 Å². The highest BCUT2D eigenvalue weighted by Crippen LogP contribution is 2.27. The zero-order valence-corrected chi connectivity index (χ0v) is 10.6. The summed E-state index contributed by atoms with van der Waals surface area (Å²) in [5, 5.41) is 0. The molecule has 5 heteroatoms. The third-order valence-corrected chi connectivity index (χ3v) is 2.10. The van der Waals surface area contributed by atoms with E-state index in [0.29, 0.717) is 12.5 Å².